The van der Waals surface area contributed by atoms with Gasteiger partial charge in [0.1, 0.15) is 5.75 Å². The van der Waals surface area contributed by atoms with Gasteiger partial charge in [-0.15, -0.1) is 0 Å². The largest absolute Gasteiger partial charge is 0.493 e. The monoisotopic (exact) mass is 248 g/mol. The molecule has 0 spiro atoms. The SMILES string of the molecule is CC(N)c1ccc(OCCC(=O)NC2CC2)cc1. The maximum absolute atomic E-state index is 11.4. The van der Waals surface area contributed by atoms with Crippen LogP contribution in [0.3, 0.4) is 0 Å². The first-order chi connectivity index (χ1) is 8.65. The lowest BCUT2D eigenvalue weighted by Crippen LogP contribution is -2.26. The molecule has 18 heavy (non-hydrogen) atoms. The average molecular weight is 248 g/mol. The van der Waals surface area contributed by atoms with Gasteiger partial charge in [-0.2, -0.15) is 0 Å². The lowest BCUT2D eigenvalue weighted by molar-refractivity contribution is -0.121. The summed E-state index contributed by atoms with van der Waals surface area (Å²) in [5, 5.41) is 2.93. The number of carbonyl (C=O) groups excluding carboxylic acids is 1. The summed E-state index contributed by atoms with van der Waals surface area (Å²) in [5.74, 6) is 0.850. The molecule has 1 atom stereocenters. The Balaban J connectivity index is 1.70. The van der Waals surface area contributed by atoms with E-state index in [9.17, 15) is 4.79 Å². The van der Waals surface area contributed by atoms with Gasteiger partial charge in [0.05, 0.1) is 13.0 Å². The number of rotatable bonds is 6. The number of benzene rings is 1. The van der Waals surface area contributed by atoms with Crippen LogP contribution in [-0.4, -0.2) is 18.6 Å². The molecule has 0 saturated heterocycles. The van der Waals surface area contributed by atoms with Crippen molar-refractivity contribution in [2.45, 2.75) is 38.3 Å². The molecule has 1 unspecified atom stereocenters. The van der Waals surface area contributed by atoms with Crippen LogP contribution >= 0.6 is 0 Å². The van der Waals surface area contributed by atoms with Crippen molar-refractivity contribution in [2.75, 3.05) is 6.61 Å². The smallest absolute Gasteiger partial charge is 0.223 e. The topological polar surface area (TPSA) is 64.3 Å². The molecule has 1 aliphatic carbocycles. The Labute approximate surface area is 108 Å². The molecule has 0 aromatic heterocycles. The van der Waals surface area contributed by atoms with Crippen LogP contribution in [0.25, 0.3) is 0 Å². The van der Waals surface area contributed by atoms with Gasteiger partial charge in [-0.1, -0.05) is 12.1 Å². The number of ether oxygens (including phenoxy) is 1. The van der Waals surface area contributed by atoms with E-state index < -0.39 is 0 Å². The molecule has 0 bridgehead atoms. The van der Waals surface area contributed by atoms with E-state index in [1.165, 1.54) is 0 Å². The summed E-state index contributed by atoms with van der Waals surface area (Å²) in [6, 6.07) is 8.12. The van der Waals surface area contributed by atoms with E-state index in [0.29, 0.717) is 19.1 Å². The fraction of sp³-hybridized carbons (Fsp3) is 0.500. The van der Waals surface area contributed by atoms with Gasteiger partial charge in [0, 0.05) is 12.1 Å². The number of nitrogens with one attached hydrogen (secondary N) is 1. The summed E-state index contributed by atoms with van der Waals surface area (Å²) in [6.45, 7) is 2.36. The minimum Gasteiger partial charge on any atom is -0.493 e. The summed E-state index contributed by atoms with van der Waals surface area (Å²) in [5.41, 5.74) is 6.84. The molecule has 4 heteroatoms. The Morgan fingerprint density at radius 3 is 2.67 bits per heavy atom. The number of amides is 1. The van der Waals surface area contributed by atoms with Gasteiger partial charge in [0.25, 0.3) is 0 Å². The van der Waals surface area contributed by atoms with Crippen molar-refractivity contribution in [1.29, 1.82) is 0 Å². The lowest BCUT2D eigenvalue weighted by atomic mass is 10.1. The van der Waals surface area contributed by atoms with Crippen LogP contribution in [0.15, 0.2) is 24.3 Å². The predicted octanol–water partition coefficient (Wildman–Crippen LogP) is 1.75. The van der Waals surface area contributed by atoms with Gasteiger partial charge in [-0.05, 0) is 37.5 Å². The molecule has 0 aliphatic heterocycles. The third-order valence-corrected chi connectivity index (χ3v) is 2.95. The molecule has 3 N–H and O–H groups in total. The Kier molecular flexibility index (Phi) is 4.20. The van der Waals surface area contributed by atoms with E-state index in [1.807, 2.05) is 31.2 Å². The second-order valence-electron chi connectivity index (χ2n) is 4.80. The highest BCUT2D eigenvalue weighted by Crippen LogP contribution is 2.19. The number of hydrogen-bond donors (Lipinski definition) is 2. The van der Waals surface area contributed by atoms with Gasteiger partial charge in [-0.25, -0.2) is 0 Å². The van der Waals surface area contributed by atoms with E-state index in [0.717, 1.165) is 24.2 Å². The Bertz CT molecular complexity index is 397. The molecule has 0 heterocycles. The van der Waals surface area contributed by atoms with Crippen LogP contribution < -0.4 is 15.8 Å². The highest BCUT2D eigenvalue weighted by Gasteiger charge is 2.22. The second kappa shape index (κ2) is 5.87. The van der Waals surface area contributed by atoms with Gasteiger partial charge < -0.3 is 15.8 Å². The van der Waals surface area contributed by atoms with Gasteiger partial charge >= 0.3 is 0 Å². The highest BCUT2D eigenvalue weighted by molar-refractivity contribution is 5.76. The zero-order chi connectivity index (χ0) is 13.0. The van der Waals surface area contributed by atoms with Crippen LogP contribution in [0.2, 0.25) is 0 Å². The first kappa shape index (κ1) is 12.9. The fourth-order valence-electron chi connectivity index (χ4n) is 1.66. The molecular formula is C14H20N2O2. The van der Waals surface area contributed by atoms with Gasteiger partial charge in [0.2, 0.25) is 5.91 Å². The van der Waals surface area contributed by atoms with Crippen molar-refractivity contribution >= 4 is 5.91 Å². The normalized spacial score (nSPS) is 16.1. The summed E-state index contributed by atoms with van der Waals surface area (Å²) in [6.07, 6.45) is 2.64. The van der Waals surface area contributed by atoms with Crippen molar-refractivity contribution in [2.24, 2.45) is 5.73 Å². The quantitative estimate of drug-likeness (QED) is 0.806. The minimum atomic E-state index is 0.0309. The van der Waals surface area contributed by atoms with Crippen molar-refractivity contribution in [3.8, 4) is 5.75 Å². The molecule has 1 aliphatic rings. The molecular weight excluding hydrogens is 228 g/mol. The number of nitrogens with two attached hydrogens (primary N) is 1. The molecule has 0 radical (unpaired) electrons. The van der Waals surface area contributed by atoms with E-state index in [-0.39, 0.29) is 11.9 Å². The molecule has 1 aromatic carbocycles. The van der Waals surface area contributed by atoms with Gasteiger partial charge in [-0.3, -0.25) is 4.79 Å². The van der Waals surface area contributed by atoms with Crippen LogP contribution in [0.4, 0.5) is 0 Å². The van der Waals surface area contributed by atoms with E-state index in [2.05, 4.69) is 5.32 Å². The Morgan fingerprint density at radius 1 is 1.44 bits per heavy atom. The van der Waals surface area contributed by atoms with E-state index in [1.54, 1.807) is 0 Å². The van der Waals surface area contributed by atoms with Crippen molar-refractivity contribution in [3.63, 3.8) is 0 Å². The molecule has 4 nitrogen and oxygen atoms in total. The molecule has 98 valence electrons. The molecule has 1 amide bonds. The molecule has 1 saturated carbocycles. The van der Waals surface area contributed by atoms with E-state index in [4.69, 9.17) is 10.5 Å². The Hall–Kier alpha value is -1.55. The third-order valence-electron chi connectivity index (χ3n) is 2.95. The highest BCUT2D eigenvalue weighted by atomic mass is 16.5. The van der Waals surface area contributed by atoms with Crippen LogP contribution in [0.5, 0.6) is 5.75 Å². The summed E-state index contributed by atoms with van der Waals surface area (Å²) < 4.78 is 5.51. The van der Waals surface area contributed by atoms with Crippen LogP contribution in [-0.2, 0) is 4.79 Å². The molecule has 2 rings (SSSR count). The summed E-state index contributed by atoms with van der Waals surface area (Å²) >= 11 is 0. The minimum absolute atomic E-state index is 0.0309. The zero-order valence-electron chi connectivity index (χ0n) is 10.7. The van der Waals surface area contributed by atoms with Crippen molar-refractivity contribution in [3.05, 3.63) is 29.8 Å². The maximum Gasteiger partial charge on any atom is 0.223 e. The Morgan fingerprint density at radius 2 is 2.11 bits per heavy atom. The maximum atomic E-state index is 11.4. The first-order valence-corrected chi connectivity index (χ1v) is 6.43. The summed E-state index contributed by atoms with van der Waals surface area (Å²) in [7, 11) is 0. The molecule has 1 aromatic rings. The lowest BCUT2D eigenvalue weighted by Gasteiger charge is -2.09. The first-order valence-electron chi connectivity index (χ1n) is 6.43. The van der Waals surface area contributed by atoms with Gasteiger partial charge in [0.15, 0.2) is 0 Å². The zero-order valence-corrected chi connectivity index (χ0v) is 10.7. The standard InChI is InChI=1S/C14H20N2O2/c1-10(15)11-2-6-13(7-3-11)18-9-8-14(17)16-12-4-5-12/h2-3,6-7,10,12H,4-5,8-9,15H2,1H3,(H,16,17). The predicted molar refractivity (Wildman–Crippen MR) is 70.3 cm³/mol. The van der Waals surface area contributed by atoms with Crippen LogP contribution in [0, 0.1) is 0 Å². The molecule has 1 fully saturated rings. The third kappa shape index (κ3) is 4.04. The number of hydrogen-bond acceptors (Lipinski definition) is 3. The second-order valence-corrected chi connectivity index (χ2v) is 4.80. The van der Waals surface area contributed by atoms with E-state index >= 15 is 0 Å². The van der Waals surface area contributed by atoms with Crippen molar-refractivity contribution in [1.82, 2.24) is 5.32 Å². The fourth-order valence-corrected chi connectivity index (χ4v) is 1.66. The van der Waals surface area contributed by atoms with Crippen molar-refractivity contribution < 1.29 is 9.53 Å². The number of carbonyl (C=O) groups is 1. The van der Waals surface area contributed by atoms with Crippen LogP contribution in [0.1, 0.15) is 37.8 Å². The summed E-state index contributed by atoms with van der Waals surface area (Å²) in [4.78, 5) is 11.4. The average Bonchev–Trinajstić information content (AvgIpc) is 3.13.